The van der Waals surface area contributed by atoms with Gasteiger partial charge in [0.15, 0.2) is 11.6 Å². The van der Waals surface area contributed by atoms with E-state index in [1.807, 2.05) is 0 Å². The maximum absolute atomic E-state index is 15.0. The van der Waals surface area contributed by atoms with Crippen molar-refractivity contribution in [1.82, 2.24) is 10.4 Å². The molecule has 0 aromatic heterocycles. The highest BCUT2D eigenvalue weighted by molar-refractivity contribution is 5.90. The second kappa shape index (κ2) is 13.2. The molecule has 0 aliphatic carbocycles. The number of anilines is 2. The average molecular weight is 475 g/mol. The van der Waals surface area contributed by atoms with Gasteiger partial charge in [-0.3, -0.25) is 9.69 Å². The molecule has 2 amide bonds. The molecule has 1 heterocycles. The Labute approximate surface area is 191 Å². The lowest BCUT2D eigenvalue weighted by atomic mass is 10.2. The third-order valence-corrected chi connectivity index (χ3v) is 5.06. The van der Waals surface area contributed by atoms with E-state index in [9.17, 15) is 18.4 Å². The van der Waals surface area contributed by atoms with E-state index in [4.69, 9.17) is 19.4 Å². The number of hydrogen-bond donors (Lipinski definition) is 2. The topological polar surface area (TPSA) is 104 Å². The first-order valence-electron chi connectivity index (χ1n) is 10.7. The van der Waals surface area contributed by atoms with E-state index in [0.717, 1.165) is 17.0 Å². The van der Waals surface area contributed by atoms with Crippen LogP contribution in [0.15, 0.2) is 12.1 Å². The van der Waals surface area contributed by atoms with Crippen LogP contribution in [0.5, 0.6) is 0 Å². The van der Waals surface area contributed by atoms with Crippen molar-refractivity contribution in [3.05, 3.63) is 23.8 Å². The molecule has 1 saturated heterocycles. The summed E-state index contributed by atoms with van der Waals surface area (Å²) in [5, 5.41) is 12.9. The fraction of sp³-hybridized carbons (Fsp3) is 0.619. The number of aliphatic hydroxyl groups excluding tert-OH is 1. The normalized spacial score (nSPS) is 15.8. The van der Waals surface area contributed by atoms with Crippen LogP contribution in [-0.4, -0.2) is 94.5 Å². The largest absolute Gasteiger partial charge is 0.442 e. The summed E-state index contributed by atoms with van der Waals surface area (Å²) in [5.41, 5.74) is -0.157. The van der Waals surface area contributed by atoms with Crippen molar-refractivity contribution >= 4 is 23.4 Å². The van der Waals surface area contributed by atoms with Crippen LogP contribution in [-0.2, 0) is 19.1 Å². The monoisotopic (exact) mass is 474 g/mol. The van der Waals surface area contributed by atoms with E-state index in [2.05, 4.69) is 5.32 Å². The van der Waals surface area contributed by atoms with Crippen LogP contribution in [0.25, 0.3) is 0 Å². The first-order valence-corrected chi connectivity index (χ1v) is 10.7. The molecular formula is C21H32F2N4O6. The summed E-state index contributed by atoms with van der Waals surface area (Å²) in [5.74, 6) is -1.88. The van der Waals surface area contributed by atoms with Crippen molar-refractivity contribution in [2.75, 3.05) is 76.0 Å². The van der Waals surface area contributed by atoms with Crippen LogP contribution in [0.2, 0.25) is 0 Å². The number of hydrogen-bond acceptors (Lipinski definition) is 8. The number of halogens is 2. The smallest absolute Gasteiger partial charge is 0.414 e. The van der Waals surface area contributed by atoms with Crippen molar-refractivity contribution in [2.45, 2.75) is 20.0 Å². The van der Waals surface area contributed by atoms with Gasteiger partial charge >= 0.3 is 6.09 Å². The lowest BCUT2D eigenvalue weighted by Crippen LogP contribution is -2.37. The summed E-state index contributed by atoms with van der Waals surface area (Å²) in [6.45, 7) is 5.20. The van der Waals surface area contributed by atoms with E-state index in [-0.39, 0.29) is 50.1 Å². The van der Waals surface area contributed by atoms with Crippen LogP contribution in [0.1, 0.15) is 13.8 Å². The van der Waals surface area contributed by atoms with Crippen LogP contribution in [0.3, 0.4) is 0 Å². The van der Waals surface area contributed by atoms with Gasteiger partial charge in [0, 0.05) is 45.2 Å². The number of benzene rings is 1. The molecule has 1 aliphatic heterocycles. The maximum atomic E-state index is 15.0. The third kappa shape index (κ3) is 7.77. The van der Waals surface area contributed by atoms with Crippen molar-refractivity contribution in [3.63, 3.8) is 0 Å². The molecule has 1 atom stereocenters. The van der Waals surface area contributed by atoms with Crippen LogP contribution >= 0.6 is 0 Å². The number of carbonyl (C=O) groups is 2. The molecule has 186 valence electrons. The standard InChI is InChI=1S/C21H32F2N4O6/c1-4-25(5-6-26(31-3)7-9-32-10-8-28)20-18(22)11-16(12-19(20)23)27-14-17(33-21(27)30)13-24-15(2)29/h11-12,17,28H,4-10,13-14H2,1-3H3,(H,24,29)/t17-/m0/s1. The highest BCUT2D eigenvalue weighted by Crippen LogP contribution is 2.31. The summed E-state index contributed by atoms with van der Waals surface area (Å²) < 4.78 is 40.3. The molecule has 0 spiro atoms. The molecule has 1 fully saturated rings. The minimum Gasteiger partial charge on any atom is -0.442 e. The van der Waals surface area contributed by atoms with Gasteiger partial charge in [-0.2, -0.15) is 5.06 Å². The van der Waals surface area contributed by atoms with Gasteiger partial charge in [-0.15, -0.1) is 0 Å². The molecule has 0 bridgehead atoms. The van der Waals surface area contributed by atoms with Crippen LogP contribution in [0, 0.1) is 11.6 Å². The first-order chi connectivity index (χ1) is 15.8. The lowest BCUT2D eigenvalue weighted by Gasteiger charge is -2.28. The minimum atomic E-state index is -0.805. The number of hydroxylamine groups is 2. The minimum absolute atomic E-state index is 0.0414. The van der Waals surface area contributed by atoms with Gasteiger partial charge in [0.25, 0.3) is 0 Å². The number of nitrogens with zero attached hydrogens (tertiary/aromatic N) is 3. The molecule has 0 saturated carbocycles. The number of nitrogens with one attached hydrogen (secondary N) is 1. The summed E-state index contributed by atoms with van der Waals surface area (Å²) in [6.07, 6.45) is -1.34. The van der Waals surface area contributed by atoms with Gasteiger partial charge < -0.3 is 29.6 Å². The molecule has 1 aliphatic rings. The van der Waals surface area contributed by atoms with Gasteiger partial charge in [0.1, 0.15) is 11.8 Å². The van der Waals surface area contributed by atoms with Gasteiger partial charge in [-0.05, 0) is 6.92 Å². The maximum Gasteiger partial charge on any atom is 0.414 e. The van der Waals surface area contributed by atoms with E-state index in [1.165, 1.54) is 18.9 Å². The Morgan fingerprint density at radius 1 is 1.27 bits per heavy atom. The molecular weight excluding hydrogens is 442 g/mol. The molecule has 33 heavy (non-hydrogen) atoms. The predicted octanol–water partition coefficient (Wildman–Crippen LogP) is 1.12. The summed E-state index contributed by atoms with van der Waals surface area (Å²) in [4.78, 5) is 31.1. The highest BCUT2D eigenvalue weighted by atomic mass is 19.1. The second-order valence-electron chi connectivity index (χ2n) is 7.34. The van der Waals surface area contributed by atoms with E-state index >= 15 is 0 Å². The summed E-state index contributed by atoms with van der Waals surface area (Å²) >= 11 is 0. The molecule has 12 heteroatoms. The molecule has 10 nitrogen and oxygen atoms in total. The quantitative estimate of drug-likeness (QED) is 0.306. The Balaban J connectivity index is 2.05. The van der Waals surface area contributed by atoms with E-state index in [1.54, 1.807) is 12.0 Å². The first kappa shape index (κ1) is 26.7. The van der Waals surface area contributed by atoms with E-state index in [0.29, 0.717) is 26.2 Å². The molecule has 2 rings (SSSR count). The number of likely N-dealkylation sites (N-methyl/N-ethyl adjacent to an activating group) is 1. The van der Waals surface area contributed by atoms with Crippen LogP contribution < -0.4 is 15.1 Å². The number of cyclic esters (lactones) is 1. The molecule has 1 aromatic rings. The summed E-state index contributed by atoms with van der Waals surface area (Å²) in [7, 11) is 1.49. The predicted molar refractivity (Wildman–Crippen MR) is 117 cm³/mol. The van der Waals surface area contributed by atoms with Crippen molar-refractivity contribution in [1.29, 1.82) is 0 Å². The molecule has 0 unspecified atom stereocenters. The number of rotatable bonds is 14. The average Bonchev–Trinajstić information content (AvgIpc) is 3.15. The van der Waals surface area contributed by atoms with Crippen LogP contribution in [0.4, 0.5) is 25.0 Å². The fourth-order valence-electron chi connectivity index (χ4n) is 3.39. The van der Waals surface area contributed by atoms with Gasteiger partial charge in [0.05, 0.1) is 45.7 Å². The Hall–Kier alpha value is -2.54. The number of aliphatic hydroxyl groups is 1. The fourth-order valence-corrected chi connectivity index (χ4v) is 3.39. The van der Waals surface area contributed by atoms with E-state index < -0.39 is 23.8 Å². The lowest BCUT2D eigenvalue weighted by molar-refractivity contribution is -0.139. The highest BCUT2D eigenvalue weighted by Gasteiger charge is 2.33. The Kier molecular flexibility index (Phi) is 10.7. The molecule has 0 radical (unpaired) electrons. The third-order valence-electron chi connectivity index (χ3n) is 5.06. The second-order valence-corrected chi connectivity index (χ2v) is 7.34. The SMILES string of the molecule is CCN(CCN(CCOCCO)OC)c1c(F)cc(N2C[C@H](CNC(C)=O)OC2=O)cc1F. The Bertz CT molecular complexity index is 777. The number of ether oxygens (including phenoxy) is 2. The zero-order chi connectivity index (χ0) is 24.4. The number of carbonyl (C=O) groups excluding carboxylic acids is 2. The number of amides is 2. The summed E-state index contributed by atoms with van der Waals surface area (Å²) in [6, 6.07) is 2.19. The zero-order valence-electron chi connectivity index (χ0n) is 19.2. The Morgan fingerprint density at radius 3 is 2.55 bits per heavy atom. The van der Waals surface area contributed by atoms with Gasteiger partial charge in [0.2, 0.25) is 5.91 Å². The molecule has 1 aromatic carbocycles. The Morgan fingerprint density at radius 2 is 1.97 bits per heavy atom. The zero-order valence-corrected chi connectivity index (χ0v) is 19.2. The molecule has 2 N–H and O–H groups in total. The van der Waals surface area contributed by atoms with Crippen molar-refractivity contribution < 1.29 is 37.8 Å². The van der Waals surface area contributed by atoms with Gasteiger partial charge in [-0.25, -0.2) is 13.6 Å². The van der Waals surface area contributed by atoms with Gasteiger partial charge in [-0.1, -0.05) is 0 Å². The van der Waals surface area contributed by atoms with Crippen molar-refractivity contribution in [2.24, 2.45) is 0 Å². The van der Waals surface area contributed by atoms with Crippen molar-refractivity contribution in [3.8, 4) is 0 Å².